The molecule has 10 rings (SSSR count). The quantitative estimate of drug-likeness (QED) is 0.156. The number of carbonyl (C=O) groups is 4. The molecule has 2 atom stereocenters. The largest absolute Gasteiger partial charge is 0.388 e. The highest BCUT2D eigenvalue weighted by atomic mass is 19.1. The van der Waals surface area contributed by atoms with E-state index in [1.807, 2.05) is 63.1 Å². The fourth-order valence-electron chi connectivity index (χ4n) is 11.6. The lowest BCUT2D eigenvalue weighted by Crippen LogP contribution is -2.55. The number of fused-ring (bicyclic) bond motifs is 2. The number of imide groups is 1. The van der Waals surface area contributed by atoms with E-state index in [1.165, 1.54) is 6.07 Å². The third-order valence-corrected chi connectivity index (χ3v) is 15.8. The van der Waals surface area contributed by atoms with Gasteiger partial charge in [0, 0.05) is 143 Å². The van der Waals surface area contributed by atoms with Gasteiger partial charge in [-0.15, -0.1) is 0 Å². The van der Waals surface area contributed by atoms with Crippen LogP contribution in [-0.2, 0) is 26.8 Å². The molecule has 0 aliphatic carbocycles. The van der Waals surface area contributed by atoms with E-state index >= 15 is 4.39 Å². The first-order valence-corrected chi connectivity index (χ1v) is 24.8. The standard InChI is InChI=1S/C54H63FN10O5/c1-33-27-37(28-42(55)49(33)36-14-20-61(21-15-36)34(2)46-31-40-43(11-17-57-50(40)59(46)6)64-22-16-38(56-5)29-48(64)67)52(69)63-18-12-35(13-19-63)32-60-23-25-62(26-24-60)39-7-8-44-41(30-39)54(3,4)53(70)65(44)45-9-10-47(66)58-51(45)68/h7-8,11,14,16-17,22,27-31,34-35,45,56H,9-10,12-13,15,18-21,23-26,32H2,1-6H3,(H,58,66,68)/t34-,45-/m0/s1. The highest BCUT2D eigenvalue weighted by Gasteiger charge is 2.49. The topological polar surface area (TPSA) is 148 Å². The number of hydrogen-bond donors (Lipinski definition) is 2. The van der Waals surface area contributed by atoms with Gasteiger partial charge < -0.3 is 19.7 Å². The molecule has 3 saturated heterocycles. The van der Waals surface area contributed by atoms with Crippen LogP contribution in [0.1, 0.15) is 91.7 Å². The molecule has 70 heavy (non-hydrogen) atoms. The molecule has 3 aromatic heterocycles. The minimum Gasteiger partial charge on any atom is -0.388 e. The van der Waals surface area contributed by atoms with E-state index in [4.69, 9.17) is 0 Å². The number of nitrogens with zero attached hydrogens (tertiary/aromatic N) is 8. The average molecular weight is 951 g/mol. The van der Waals surface area contributed by atoms with Crippen molar-refractivity contribution in [2.45, 2.75) is 77.3 Å². The van der Waals surface area contributed by atoms with Crippen LogP contribution in [0.4, 0.5) is 21.5 Å². The summed E-state index contributed by atoms with van der Waals surface area (Å²) >= 11 is 0. The molecule has 5 aliphatic heterocycles. The van der Waals surface area contributed by atoms with Crippen LogP contribution in [0.3, 0.4) is 0 Å². The molecule has 2 aromatic carbocycles. The Hall–Kier alpha value is -6.65. The number of piperazine rings is 1. The van der Waals surface area contributed by atoms with Gasteiger partial charge >= 0.3 is 0 Å². The van der Waals surface area contributed by atoms with Crippen molar-refractivity contribution in [2.24, 2.45) is 13.0 Å². The number of piperidine rings is 2. The zero-order valence-corrected chi connectivity index (χ0v) is 41.1. The van der Waals surface area contributed by atoms with Gasteiger partial charge in [-0.2, -0.15) is 0 Å². The maximum Gasteiger partial charge on any atom is 0.257 e. The first-order valence-electron chi connectivity index (χ1n) is 24.8. The van der Waals surface area contributed by atoms with Crippen LogP contribution in [0, 0.1) is 18.7 Å². The van der Waals surface area contributed by atoms with E-state index in [2.05, 4.69) is 60.0 Å². The van der Waals surface area contributed by atoms with Crippen LogP contribution in [-0.4, -0.2) is 124 Å². The van der Waals surface area contributed by atoms with Gasteiger partial charge in [0.2, 0.25) is 17.7 Å². The van der Waals surface area contributed by atoms with Crippen LogP contribution in [0.2, 0.25) is 0 Å². The van der Waals surface area contributed by atoms with Crippen LogP contribution < -0.4 is 26.0 Å². The molecule has 2 N–H and O–H groups in total. The van der Waals surface area contributed by atoms with Crippen LogP contribution in [0.25, 0.3) is 22.3 Å². The highest BCUT2D eigenvalue weighted by Crippen LogP contribution is 2.45. The molecule has 5 aromatic rings. The van der Waals surface area contributed by atoms with Gasteiger partial charge in [0.15, 0.2) is 0 Å². The fraction of sp³-hybridized carbons (Fsp3) is 0.444. The summed E-state index contributed by atoms with van der Waals surface area (Å²) in [4.78, 5) is 80.5. The van der Waals surface area contributed by atoms with Crippen molar-refractivity contribution >= 4 is 57.3 Å². The Morgan fingerprint density at radius 3 is 2.37 bits per heavy atom. The number of benzene rings is 2. The Morgan fingerprint density at radius 1 is 0.914 bits per heavy atom. The van der Waals surface area contributed by atoms with Gasteiger partial charge in [-0.3, -0.25) is 48.6 Å². The summed E-state index contributed by atoms with van der Waals surface area (Å²) in [7, 11) is 3.79. The van der Waals surface area contributed by atoms with E-state index in [9.17, 15) is 24.0 Å². The number of aryl methyl sites for hydroxylation is 2. The molecule has 0 bridgehead atoms. The Labute approximate surface area is 407 Å². The van der Waals surface area contributed by atoms with Crippen LogP contribution >= 0.6 is 0 Å². The van der Waals surface area contributed by atoms with Crippen molar-refractivity contribution in [2.75, 3.05) is 81.1 Å². The van der Waals surface area contributed by atoms with Crippen molar-refractivity contribution < 1.29 is 23.6 Å². The van der Waals surface area contributed by atoms with Gasteiger partial charge in [0.05, 0.1) is 11.1 Å². The summed E-state index contributed by atoms with van der Waals surface area (Å²) in [6.45, 7) is 15.0. The van der Waals surface area contributed by atoms with Crippen molar-refractivity contribution in [3.8, 4) is 5.69 Å². The number of aromatic nitrogens is 3. The summed E-state index contributed by atoms with van der Waals surface area (Å²) in [5, 5.41) is 6.32. The number of nitrogens with one attached hydrogen (secondary N) is 2. The summed E-state index contributed by atoms with van der Waals surface area (Å²) in [5.41, 5.74) is 7.87. The molecular weight excluding hydrogens is 888 g/mol. The number of halogens is 1. The molecule has 0 spiro atoms. The lowest BCUT2D eigenvalue weighted by atomic mass is 9.86. The van der Waals surface area contributed by atoms with Gasteiger partial charge in [-0.25, -0.2) is 9.37 Å². The normalized spacial score (nSPS) is 20.7. The van der Waals surface area contributed by atoms with E-state index in [0.29, 0.717) is 49.5 Å². The predicted octanol–water partition coefficient (Wildman–Crippen LogP) is 6.17. The van der Waals surface area contributed by atoms with Crippen LogP contribution in [0.5, 0.6) is 0 Å². The Balaban J connectivity index is 0.723. The number of amides is 4. The van der Waals surface area contributed by atoms with Gasteiger partial charge in [-0.05, 0) is 125 Å². The SMILES string of the molecule is CNc1ccn(-c2ccnc3c2cc([C@H](C)N2CC=C(c4c(C)cc(C(=O)N5CCC(CN6CCN(c7ccc8c(c7)C(C)(C)C(=O)N8[C@H]7CCC(=O)NC7=O)CC6)CC5)cc4F)CC2)n3C)c(=O)c1. The number of carbonyl (C=O) groups excluding carboxylic acids is 4. The smallest absolute Gasteiger partial charge is 0.257 e. The zero-order chi connectivity index (χ0) is 49.2. The molecule has 4 amide bonds. The van der Waals surface area contributed by atoms with Crippen molar-refractivity contribution in [3.63, 3.8) is 0 Å². The predicted molar refractivity (Wildman–Crippen MR) is 270 cm³/mol. The van der Waals surface area contributed by atoms with E-state index in [-0.39, 0.29) is 41.6 Å². The van der Waals surface area contributed by atoms with E-state index in [0.717, 1.165) is 108 Å². The second-order valence-corrected chi connectivity index (χ2v) is 20.4. The zero-order valence-electron chi connectivity index (χ0n) is 41.1. The first-order chi connectivity index (χ1) is 33.6. The maximum atomic E-state index is 16.1. The molecule has 0 radical (unpaired) electrons. The van der Waals surface area contributed by atoms with E-state index < -0.39 is 17.4 Å². The van der Waals surface area contributed by atoms with Crippen molar-refractivity contribution in [1.82, 2.24) is 34.1 Å². The number of rotatable bonds is 10. The second kappa shape index (κ2) is 18.6. The first kappa shape index (κ1) is 47.0. The second-order valence-electron chi connectivity index (χ2n) is 20.4. The molecule has 3 fully saturated rings. The Morgan fingerprint density at radius 2 is 1.69 bits per heavy atom. The third-order valence-electron chi connectivity index (χ3n) is 15.8. The van der Waals surface area contributed by atoms with Crippen molar-refractivity contribution in [3.05, 3.63) is 117 Å². The van der Waals surface area contributed by atoms with Gasteiger partial charge in [0.1, 0.15) is 17.5 Å². The number of likely N-dealkylation sites (tertiary alicyclic amines) is 1. The van der Waals surface area contributed by atoms with E-state index in [1.54, 1.807) is 35.0 Å². The third kappa shape index (κ3) is 8.48. The van der Waals surface area contributed by atoms with Crippen LogP contribution in [0.15, 0.2) is 77.9 Å². The Bertz CT molecular complexity index is 2990. The van der Waals surface area contributed by atoms with Gasteiger partial charge in [-0.1, -0.05) is 6.08 Å². The Kier molecular flexibility index (Phi) is 12.5. The summed E-state index contributed by atoms with van der Waals surface area (Å²) in [5.74, 6) is -0.864. The lowest BCUT2D eigenvalue weighted by molar-refractivity contribution is -0.136. The summed E-state index contributed by atoms with van der Waals surface area (Å²) < 4.78 is 19.9. The lowest BCUT2D eigenvalue weighted by Gasteiger charge is -2.40. The summed E-state index contributed by atoms with van der Waals surface area (Å²) in [6.07, 6.45) is 8.61. The molecule has 366 valence electrons. The molecule has 15 nitrogen and oxygen atoms in total. The minimum atomic E-state index is -0.795. The van der Waals surface area contributed by atoms with Crippen molar-refractivity contribution in [1.29, 1.82) is 0 Å². The number of hydrogen-bond acceptors (Lipinski definition) is 10. The number of anilines is 3. The molecule has 16 heteroatoms. The highest BCUT2D eigenvalue weighted by molar-refractivity contribution is 6.14. The minimum absolute atomic E-state index is 0.0294. The summed E-state index contributed by atoms with van der Waals surface area (Å²) in [6, 6.07) is 16.2. The van der Waals surface area contributed by atoms with Gasteiger partial charge in [0.25, 0.3) is 11.5 Å². The number of pyridine rings is 2. The molecule has 0 saturated carbocycles. The maximum absolute atomic E-state index is 16.1. The average Bonchev–Trinajstić information content (AvgIpc) is 3.79. The monoisotopic (exact) mass is 950 g/mol. The molecule has 0 unspecified atom stereocenters. The molecular formula is C54H63FN10O5. The molecule has 5 aliphatic rings. The fourth-order valence-corrected chi connectivity index (χ4v) is 11.6. The molecule has 8 heterocycles.